The number of carboxylic acids is 1. The van der Waals surface area contributed by atoms with E-state index in [-0.39, 0.29) is 9.75 Å². The number of carbonyl (C=O) groups is 1. The number of rotatable bonds is 8. The Hall–Kier alpha value is -3.76. The minimum atomic E-state index is -0.969. The zero-order valence-corrected chi connectivity index (χ0v) is 20.7. The van der Waals surface area contributed by atoms with Crippen molar-refractivity contribution in [2.75, 3.05) is 6.61 Å². The lowest BCUT2D eigenvalue weighted by Gasteiger charge is -2.12. The van der Waals surface area contributed by atoms with Crippen LogP contribution in [0.4, 0.5) is 0 Å². The van der Waals surface area contributed by atoms with Crippen molar-refractivity contribution in [1.29, 1.82) is 0 Å². The zero-order chi connectivity index (χ0) is 24.5. The average Bonchev–Trinajstić information content (AvgIpc) is 3.54. The van der Waals surface area contributed by atoms with Crippen molar-refractivity contribution in [3.05, 3.63) is 73.5 Å². The Morgan fingerprint density at radius 2 is 1.89 bits per heavy atom. The van der Waals surface area contributed by atoms with Gasteiger partial charge < -0.3 is 9.84 Å². The van der Waals surface area contributed by atoms with Crippen molar-refractivity contribution in [2.45, 2.75) is 26.8 Å². The molecule has 0 radical (unpaired) electrons. The molecule has 178 valence electrons. The normalized spacial score (nSPS) is 11.3. The number of H-pyrrole nitrogens is 1. The van der Waals surface area contributed by atoms with Gasteiger partial charge in [-0.25, -0.2) is 4.79 Å². The fraction of sp³-hybridized carbons (Fsp3) is 0.200. The predicted molar refractivity (Wildman–Crippen MR) is 138 cm³/mol. The van der Waals surface area contributed by atoms with E-state index in [4.69, 9.17) is 4.74 Å². The second-order valence-electron chi connectivity index (χ2n) is 8.00. The monoisotopic (exact) mass is 506 g/mol. The van der Waals surface area contributed by atoms with Crippen LogP contribution in [0.5, 0.6) is 6.01 Å². The summed E-state index contributed by atoms with van der Waals surface area (Å²) in [7, 11) is 0. The average molecular weight is 507 g/mol. The maximum Gasteiger partial charge on any atom is 0.348 e. The number of nitrogens with one attached hydrogen (secondary N) is 1. The molecular formula is C25H22N4O4S2. The number of aromatic carboxylic acids is 1. The van der Waals surface area contributed by atoms with Crippen LogP contribution in [0.2, 0.25) is 0 Å². The second-order valence-corrected chi connectivity index (χ2v) is 9.97. The van der Waals surface area contributed by atoms with Gasteiger partial charge in [-0.15, -0.1) is 11.3 Å². The number of aryl methyl sites for hydroxylation is 1. The molecule has 0 aliphatic rings. The molecule has 0 bridgehead atoms. The molecule has 0 saturated carbocycles. The molecule has 3 heterocycles. The molecule has 8 nitrogen and oxygen atoms in total. The summed E-state index contributed by atoms with van der Waals surface area (Å²) in [5.41, 5.74) is 5.03. The summed E-state index contributed by atoms with van der Waals surface area (Å²) in [6, 6.07) is 16.2. The van der Waals surface area contributed by atoms with Gasteiger partial charge in [0.15, 0.2) is 5.82 Å². The van der Waals surface area contributed by atoms with E-state index in [2.05, 4.69) is 14.3 Å². The third kappa shape index (κ3) is 4.38. The highest BCUT2D eigenvalue weighted by molar-refractivity contribution is 7.15. The van der Waals surface area contributed by atoms with E-state index in [1.165, 1.54) is 11.3 Å². The summed E-state index contributed by atoms with van der Waals surface area (Å²) >= 11 is 2.13. The lowest BCUT2D eigenvalue weighted by molar-refractivity contribution is 0.0703. The van der Waals surface area contributed by atoms with Crippen LogP contribution >= 0.6 is 22.9 Å². The highest BCUT2D eigenvalue weighted by atomic mass is 32.1. The van der Waals surface area contributed by atoms with E-state index >= 15 is 0 Å². The third-order valence-electron chi connectivity index (χ3n) is 5.59. The van der Waals surface area contributed by atoms with Gasteiger partial charge in [-0.05, 0) is 30.0 Å². The molecule has 0 saturated heterocycles. The van der Waals surface area contributed by atoms with Crippen LogP contribution in [0.15, 0.2) is 53.3 Å². The van der Waals surface area contributed by atoms with Crippen molar-refractivity contribution in [1.82, 2.24) is 18.9 Å². The van der Waals surface area contributed by atoms with E-state index < -0.39 is 5.97 Å². The molecule has 0 spiro atoms. The smallest absolute Gasteiger partial charge is 0.348 e. The van der Waals surface area contributed by atoms with Gasteiger partial charge >= 0.3 is 10.8 Å². The van der Waals surface area contributed by atoms with Gasteiger partial charge in [0, 0.05) is 22.0 Å². The van der Waals surface area contributed by atoms with Crippen molar-refractivity contribution >= 4 is 39.9 Å². The number of imidazole rings is 1. The molecule has 0 unspecified atom stereocenters. The Morgan fingerprint density at radius 1 is 1.14 bits per heavy atom. The number of aromatic nitrogens is 4. The number of hydrogen-bond donors (Lipinski definition) is 2. The molecule has 2 aromatic carbocycles. The summed E-state index contributed by atoms with van der Waals surface area (Å²) in [5, 5.41) is 9.76. The van der Waals surface area contributed by atoms with Gasteiger partial charge in [-0.2, -0.15) is 9.36 Å². The number of aromatic amines is 1. The van der Waals surface area contributed by atoms with E-state index in [9.17, 15) is 14.7 Å². The molecule has 5 aromatic rings. The topological polar surface area (TPSA) is 110 Å². The minimum absolute atomic E-state index is 0.192. The minimum Gasteiger partial charge on any atom is -0.477 e. The standard InChI is InChI=1S/C25H22N4O4S2/c1-3-12-33-24-26-19-14(2)34-21(23(30)31)20(19)29(24)13-15-8-10-16(11-9-15)17-6-4-5-7-18(17)22-27-25(32)35-28-22/h4-11H,3,12-13H2,1-2H3,(H,30,31)(H,27,28,32). The lowest BCUT2D eigenvalue weighted by Crippen LogP contribution is -2.07. The molecule has 35 heavy (non-hydrogen) atoms. The van der Waals surface area contributed by atoms with Crippen LogP contribution in [0.3, 0.4) is 0 Å². The van der Waals surface area contributed by atoms with Crippen LogP contribution < -0.4 is 9.61 Å². The number of fused-ring (bicyclic) bond motifs is 1. The fourth-order valence-electron chi connectivity index (χ4n) is 4.01. The number of thiophene rings is 1. The van der Waals surface area contributed by atoms with Crippen molar-refractivity contribution < 1.29 is 14.6 Å². The van der Waals surface area contributed by atoms with Gasteiger partial charge in [0.1, 0.15) is 10.4 Å². The molecule has 5 rings (SSSR count). The Balaban J connectivity index is 1.52. The predicted octanol–water partition coefficient (Wildman–Crippen LogP) is 5.42. The van der Waals surface area contributed by atoms with Crippen molar-refractivity contribution in [2.24, 2.45) is 0 Å². The lowest BCUT2D eigenvalue weighted by atomic mass is 9.98. The molecule has 0 fully saturated rings. The first-order chi connectivity index (χ1) is 17.0. The molecule has 0 aliphatic heterocycles. The Kier molecular flexibility index (Phi) is 6.23. The highest BCUT2D eigenvalue weighted by Crippen LogP contribution is 2.35. The van der Waals surface area contributed by atoms with Gasteiger partial charge in [-0.1, -0.05) is 55.5 Å². The van der Waals surface area contributed by atoms with E-state index in [0.29, 0.717) is 36.0 Å². The van der Waals surface area contributed by atoms with Gasteiger partial charge in [0.05, 0.1) is 18.7 Å². The van der Waals surface area contributed by atoms with Crippen LogP contribution in [-0.4, -0.2) is 36.6 Å². The molecule has 3 aromatic heterocycles. The molecule has 10 heteroatoms. The number of carboxylic acid groups (broad SMARTS) is 1. The van der Waals surface area contributed by atoms with Crippen LogP contribution in [0, 0.1) is 6.92 Å². The van der Waals surface area contributed by atoms with E-state index in [1.54, 1.807) is 0 Å². The van der Waals surface area contributed by atoms with Crippen LogP contribution in [-0.2, 0) is 6.54 Å². The molecule has 2 N–H and O–H groups in total. The Labute approximate surface area is 208 Å². The summed E-state index contributed by atoms with van der Waals surface area (Å²) in [6.07, 6.45) is 0.822. The molecule has 0 atom stereocenters. The summed E-state index contributed by atoms with van der Waals surface area (Å²) in [5.74, 6) is -0.421. The molecular weight excluding hydrogens is 484 g/mol. The summed E-state index contributed by atoms with van der Waals surface area (Å²) in [6.45, 7) is 4.81. The Morgan fingerprint density at radius 3 is 2.54 bits per heavy atom. The fourth-order valence-corrected chi connectivity index (χ4v) is 5.41. The number of hydrogen-bond acceptors (Lipinski definition) is 7. The largest absolute Gasteiger partial charge is 0.477 e. The first kappa shape index (κ1) is 23.0. The number of ether oxygens (including phenoxy) is 1. The van der Waals surface area contributed by atoms with E-state index in [0.717, 1.165) is 45.1 Å². The van der Waals surface area contributed by atoms with Crippen LogP contribution in [0.1, 0.15) is 33.5 Å². The summed E-state index contributed by atoms with van der Waals surface area (Å²) < 4.78 is 12.0. The third-order valence-corrected chi connectivity index (χ3v) is 7.21. The zero-order valence-electron chi connectivity index (χ0n) is 19.1. The van der Waals surface area contributed by atoms with Gasteiger partial charge in [0.25, 0.3) is 6.01 Å². The highest BCUT2D eigenvalue weighted by Gasteiger charge is 2.24. The first-order valence-corrected chi connectivity index (χ1v) is 12.7. The Bertz CT molecular complexity index is 1580. The second kappa shape index (κ2) is 9.47. The van der Waals surface area contributed by atoms with Gasteiger partial charge in [0.2, 0.25) is 0 Å². The molecule has 0 amide bonds. The molecule has 0 aliphatic carbocycles. The SMILES string of the molecule is CCCOc1nc2c(C)sc(C(=O)O)c2n1Cc1ccc(-c2ccccc2-c2nsc(=O)[nH]2)cc1. The maximum absolute atomic E-state index is 11.9. The van der Waals surface area contributed by atoms with Crippen molar-refractivity contribution in [3.63, 3.8) is 0 Å². The van der Waals surface area contributed by atoms with Gasteiger partial charge in [-0.3, -0.25) is 14.3 Å². The summed E-state index contributed by atoms with van der Waals surface area (Å²) in [4.78, 5) is 31.8. The number of nitrogens with zero attached hydrogens (tertiary/aromatic N) is 3. The van der Waals surface area contributed by atoms with Crippen molar-refractivity contribution in [3.8, 4) is 28.5 Å². The van der Waals surface area contributed by atoms with Crippen LogP contribution in [0.25, 0.3) is 33.5 Å². The first-order valence-electron chi connectivity index (χ1n) is 11.1. The van der Waals surface area contributed by atoms with E-state index in [1.807, 2.05) is 66.9 Å². The quantitative estimate of drug-likeness (QED) is 0.291. The number of benzene rings is 2. The maximum atomic E-state index is 11.9.